The fourth-order valence-electron chi connectivity index (χ4n) is 5.20. The number of carbonyl (C=O) groups is 1. The molecule has 0 fully saturated rings. The lowest BCUT2D eigenvalue weighted by Crippen LogP contribution is -2.46. The first-order valence-electron chi connectivity index (χ1n) is 11.0. The minimum absolute atomic E-state index is 0.00979. The highest BCUT2D eigenvalue weighted by molar-refractivity contribution is 6.06. The number of para-hydroxylation sites is 1. The third-order valence-corrected chi connectivity index (χ3v) is 6.98. The van der Waals surface area contributed by atoms with Crippen LogP contribution in [0.4, 0.5) is 0 Å². The van der Waals surface area contributed by atoms with Gasteiger partial charge in [0.15, 0.2) is 0 Å². The van der Waals surface area contributed by atoms with E-state index >= 15 is 0 Å². The summed E-state index contributed by atoms with van der Waals surface area (Å²) in [5.41, 5.74) is 5.53. The van der Waals surface area contributed by atoms with Gasteiger partial charge in [0, 0.05) is 30.2 Å². The fraction of sp³-hybridized carbons (Fsp3) is 0.583. The van der Waals surface area contributed by atoms with Gasteiger partial charge in [0.1, 0.15) is 18.8 Å². The second-order valence-corrected chi connectivity index (χ2v) is 8.56. The second-order valence-electron chi connectivity index (χ2n) is 8.56. The van der Waals surface area contributed by atoms with Gasteiger partial charge in [-0.25, -0.2) is 4.58 Å². The van der Waals surface area contributed by atoms with Gasteiger partial charge in [-0.1, -0.05) is 32.0 Å². The molecular formula is C24H33N2O2+. The number of rotatable bonds is 6. The molecule has 2 aliphatic rings. The number of hydrogen-bond acceptors (Lipinski definition) is 2. The van der Waals surface area contributed by atoms with Gasteiger partial charge in [0.05, 0.1) is 11.5 Å². The quantitative estimate of drug-likeness (QED) is 0.575. The average molecular weight is 382 g/mol. The number of hydrogen-bond donors (Lipinski definition) is 1. The van der Waals surface area contributed by atoms with Crippen LogP contribution in [0.25, 0.3) is 10.9 Å². The summed E-state index contributed by atoms with van der Waals surface area (Å²) in [6.45, 7) is 8.53. The Morgan fingerprint density at radius 3 is 2.89 bits per heavy atom. The van der Waals surface area contributed by atoms with Crippen molar-refractivity contribution in [3.05, 3.63) is 35.5 Å². The largest absolute Gasteiger partial charge is 0.463 e. The SMILES string of the molecule is CCC(C)OC(=O)CCC1(CC)CCC[N+]2=C1c1[nH]c3ccccc3c1CC2. The van der Waals surface area contributed by atoms with Crippen LogP contribution in [-0.2, 0) is 16.0 Å². The number of aromatic nitrogens is 1. The molecule has 2 unspecified atom stereocenters. The maximum Gasteiger partial charge on any atom is 0.306 e. The Morgan fingerprint density at radius 1 is 1.29 bits per heavy atom. The number of H-pyrrole nitrogens is 1. The molecule has 0 bridgehead atoms. The number of nitrogens with one attached hydrogen (secondary N) is 1. The molecule has 1 aromatic heterocycles. The van der Waals surface area contributed by atoms with E-state index in [0.717, 1.165) is 45.2 Å². The monoisotopic (exact) mass is 381 g/mol. The molecule has 1 N–H and O–H groups in total. The minimum Gasteiger partial charge on any atom is -0.463 e. The van der Waals surface area contributed by atoms with Crippen LogP contribution in [0.3, 0.4) is 0 Å². The molecular weight excluding hydrogens is 348 g/mol. The molecule has 0 saturated carbocycles. The van der Waals surface area contributed by atoms with E-state index in [1.807, 2.05) is 6.92 Å². The molecule has 0 aliphatic carbocycles. The predicted molar refractivity (Wildman–Crippen MR) is 113 cm³/mol. The van der Waals surface area contributed by atoms with Crippen LogP contribution in [0, 0.1) is 5.41 Å². The van der Waals surface area contributed by atoms with E-state index in [4.69, 9.17) is 4.74 Å². The van der Waals surface area contributed by atoms with Crippen LogP contribution >= 0.6 is 0 Å². The standard InChI is InChI=1S/C24H32N2O2/c1-4-17(3)28-21(27)11-14-24(5-2)13-8-15-26-16-12-19-18-9-6-7-10-20(18)25-22(19)23(24)26/h6-7,9-10,17H,4-5,8,11-16H2,1-3H3/p+1. The molecule has 4 heteroatoms. The number of aromatic amines is 1. The smallest absolute Gasteiger partial charge is 0.306 e. The first-order valence-corrected chi connectivity index (χ1v) is 11.0. The zero-order chi connectivity index (χ0) is 19.7. The highest BCUT2D eigenvalue weighted by Crippen LogP contribution is 2.43. The van der Waals surface area contributed by atoms with Crippen molar-refractivity contribution >= 4 is 22.6 Å². The lowest BCUT2D eigenvalue weighted by molar-refractivity contribution is -0.538. The van der Waals surface area contributed by atoms with Crippen molar-refractivity contribution in [1.29, 1.82) is 0 Å². The van der Waals surface area contributed by atoms with E-state index in [1.165, 1.54) is 34.3 Å². The van der Waals surface area contributed by atoms with Gasteiger partial charge in [0.25, 0.3) is 0 Å². The van der Waals surface area contributed by atoms with Gasteiger partial charge in [-0.15, -0.1) is 0 Å². The van der Waals surface area contributed by atoms with Gasteiger partial charge >= 0.3 is 5.97 Å². The summed E-state index contributed by atoms with van der Waals surface area (Å²) >= 11 is 0. The Balaban J connectivity index is 1.68. The lowest BCUT2D eigenvalue weighted by atomic mass is 9.68. The third-order valence-electron chi connectivity index (χ3n) is 6.98. The second kappa shape index (κ2) is 7.73. The Hall–Kier alpha value is -2.10. The maximum atomic E-state index is 12.4. The van der Waals surface area contributed by atoms with Gasteiger partial charge in [-0.3, -0.25) is 4.79 Å². The van der Waals surface area contributed by atoms with Crippen molar-refractivity contribution < 1.29 is 14.1 Å². The summed E-state index contributed by atoms with van der Waals surface area (Å²) in [7, 11) is 0. The van der Waals surface area contributed by atoms with Crippen molar-refractivity contribution in [3.63, 3.8) is 0 Å². The number of benzene rings is 1. The third kappa shape index (κ3) is 3.27. The Morgan fingerprint density at radius 2 is 2.11 bits per heavy atom. The van der Waals surface area contributed by atoms with Gasteiger partial charge in [-0.2, -0.15) is 0 Å². The van der Waals surface area contributed by atoms with Gasteiger partial charge in [-0.05, 0) is 44.2 Å². The van der Waals surface area contributed by atoms with E-state index in [0.29, 0.717) is 6.42 Å². The fourth-order valence-corrected chi connectivity index (χ4v) is 5.20. The van der Waals surface area contributed by atoms with Crippen LogP contribution in [-0.4, -0.2) is 40.4 Å². The normalized spacial score (nSPS) is 22.7. The first-order chi connectivity index (χ1) is 13.6. The molecule has 3 heterocycles. The Bertz CT molecular complexity index is 910. The van der Waals surface area contributed by atoms with Crippen LogP contribution in [0.5, 0.6) is 0 Å². The van der Waals surface area contributed by atoms with Crippen molar-refractivity contribution in [3.8, 4) is 0 Å². The molecule has 2 atom stereocenters. The summed E-state index contributed by atoms with van der Waals surface area (Å²) in [6, 6.07) is 8.65. The van der Waals surface area contributed by atoms with E-state index in [1.54, 1.807) is 0 Å². The number of fused-ring (bicyclic) bond motifs is 4. The highest BCUT2D eigenvalue weighted by atomic mass is 16.5. The molecule has 1 aromatic carbocycles. The lowest BCUT2D eigenvalue weighted by Gasteiger charge is -2.37. The van der Waals surface area contributed by atoms with Crippen molar-refractivity contribution in [1.82, 2.24) is 4.98 Å². The van der Waals surface area contributed by atoms with E-state index in [-0.39, 0.29) is 17.5 Å². The molecule has 150 valence electrons. The molecule has 4 nitrogen and oxygen atoms in total. The van der Waals surface area contributed by atoms with Crippen molar-refractivity contribution in [2.24, 2.45) is 5.41 Å². The first kappa shape index (κ1) is 19.2. The highest BCUT2D eigenvalue weighted by Gasteiger charge is 2.47. The molecule has 0 saturated heterocycles. The van der Waals surface area contributed by atoms with Gasteiger partial charge < -0.3 is 9.72 Å². The molecule has 0 radical (unpaired) electrons. The van der Waals surface area contributed by atoms with Crippen LogP contribution in [0.15, 0.2) is 24.3 Å². The Labute approximate surface area is 168 Å². The minimum atomic E-state index is -0.0485. The van der Waals surface area contributed by atoms with Crippen LogP contribution in [0.1, 0.15) is 70.6 Å². The van der Waals surface area contributed by atoms with E-state index < -0.39 is 0 Å². The zero-order valence-corrected chi connectivity index (χ0v) is 17.5. The average Bonchev–Trinajstić information content (AvgIpc) is 3.10. The van der Waals surface area contributed by atoms with E-state index in [9.17, 15) is 4.79 Å². The predicted octanol–water partition coefficient (Wildman–Crippen LogP) is 4.84. The van der Waals surface area contributed by atoms with Crippen LogP contribution in [0.2, 0.25) is 0 Å². The summed E-state index contributed by atoms with van der Waals surface area (Å²) in [4.78, 5) is 16.1. The van der Waals surface area contributed by atoms with E-state index in [2.05, 4.69) is 47.7 Å². The number of esters is 1. The maximum absolute atomic E-state index is 12.4. The van der Waals surface area contributed by atoms with Gasteiger partial charge in [0.2, 0.25) is 5.71 Å². The number of nitrogens with zero attached hydrogens (tertiary/aromatic N) is 1. The molecule has 4 rings (SSSR count). The topological polar surface area (TPSA) is 45.1 Å². The van der Waals surface area contributed by atoms with Crippen LogP contribution < -0.4 is 0 Å². The molecule has 0 amide bonds. The molecule has 2 aliphatic heterocycles. The van der Waals surface area contributed by atoms with Crippen molar-refractivity contribution in [2.45, 2.75) is 71.8 Å². The zero-order valence-electron chi connectivity index (χ0n) is 17.5. The molecule has 28 heavy (non-hydrogen) atoms. The summed E-state index contributed by atoms with van der Waals surface area (Å²) in [5.74, 6) is -0.0485. The van der Waals surface area contributed by atoms with Crippen molar-refractivity contribution in [2.75, 3.05) is 13.1 Å². The summed E-state index contributed by atoms with van der Waals surface area (Å²) in [6.07, 6.45) is 6.77. The molecule has 2 aromatic rings. The summed E-state index contributed by atoms with van der Waals surface area (Å²) in [5, 5.41) is 1.36. The Kier molecular flexibility index (Phi) is 5.31. The number of ether oxygens (including phenoxy) is 1. The molecule has 0 spiro atoms. The summed E-state index contributed by atoms with van der Waals surface area (Å²) < 4.78 is 8.15. The number of carbonyl (C=O) groups excluding carboxylic acids is 1.